The van der Waals surface area contributed by atoms with Crippen molar-refractivity contribution in [1.29, 1.82) is 0 Å². The summed E-state index contributed by atoms with van der Waals surface area (Å²) in [6.07, 6.45) is 0. The third kappa shape index (κ3) is 4.11. The van der Waals surface area contributed by atoms with E-state index in [-0.39, 0.29) is 11.9 Å². The molecule has 2 aromatic rings. The number of halogens is 1. The highest BCUT2D eigenvalue weighted by atomic mass is 35.5. The molecule has 0 fully saturated rings. The molecule has 0 bridgehead atoms. The third-order valence-corrected chi connectivity index (χ3v) is 3.91. The zero-order valence-electron chi connectivity index (χ0n) is 13.9. The Bertz CT molecular complexity index is 734. The predicted octanol–water partition coefficient (Wildman–Crippen LogP) is 3.82. The van der Waals surface area contributed by atoms with Gasteiger partial charge in [0.05, 0.1) is 36.0 Å². The third-order valence-electron chi connectivity index (χ3n) is 3.58. The van der Waals surface area contributed by atoms with Crippen LogP contribution < -0.4 is 20.5 Å². The van der Waals surface area contributed by atoms with Crippen LogP contribution in [-0.4, -0.2) is 19.6 Å². The van der Waals surface area contributed by atoms with Gasteiger partial charge in [-0.1, -0.05) is 23.7 Å². The largest absolute Gasteiger partial charge is 0.496 e. The van der Waals surface area contributed by atoms with Crippen LogP contribution >= 0.6 is 11.6 Å². The lowest BCUT2D eigenvalue weighted by atomic mass is 10.1. The van der Waals surface area contributed by atoms with Gasteiger partial charge in [0.15, 0.2) is 0 Å². The van der Waals surface area contributed by atoms with Gasteiger partial charge in [0.1, 0.15) is 11.5 Å². The van der Waals surface area contributed by atoms with E-state index in [1.165, 1.54) is 19.2 Å². The van der Waals surface area contributed by atoms with Crippen LogP contribution in [0.1, 0.15) is 35.8 Å². The lowest BCUT2D eigenvalue weighted by Crippen LogP contribution is -2.27. The summed E-state index contributed by atoms with van der Waals surface area (Å²) >= 11 is 6.02. The number of rotatable bonds is 6. The Morgan fingerprint density at radius 2 is 2.08 bits per heavy atom. The first-order chi connectivity index (χ1) is 11.5. The van der Waals surface area contributed by atoms with E-state index >= 15 is 0 Å². The number of nitrogens with one attached hydrogen (secondary N) is 1. The molecule has 2 rings (SSSR count). The first-order valence-corrected chi connectivity index (χ1v) is 8.00. The summed E-state index contributed by atoms with van der Waals surface area (Å²) in [4.78, 5) is 12.6. The summed E-state index contributed by atoms with van der Waals surface area (Å²) in [5.74, 6) is 0.858. The Kier molecular flexibility index (Phi) is 5.93. The highest BCUT2D eigenvalue weighted by molar-refractivity contribution is 6.33. The number of hydrogen-bond acceptors (Lipinski definition) is 4. The zero-order chi connectivity index (χ0) is 17.7. The van der Waals surface area contributed by atoms with Crippen LogP contribution in [0.2, 0.25) is 5.02 Å². The number of nitrogen functional groups attached to an aromatic ring is 1. The van der Waals surface area contributed by atoms with Crippen molar-refractivity contribution in [1.82, 2.24) is 5.32 Å². The molecule has 0 heterocycles. The van der Waals surface area contributed by atoms with Gasteiger partial charge < -0.3 is 20.5 Å². The van der Waals surface area contributed by atoms with Crippen molar-refractivity contribution >= 4 is 23.2 Å². The summed E-state index contributed by atoms with van der Waals surface area (Å²) in [6, 6.07) is 10.4. The number of methoxy groups -OCH3 is 1. The summed E-state index contributed by atoms with van der Waals surface area (Å²) in [6.45, 7) is 4.41. The van der Waals surface area contributed by atoms with Crippen LogP contribution in [-0.2, 0) is 0 Å². The van der Waals surface area contributed by atoms with E-state index < -0.39 is 0 Å². The van der Waals surface area contributed by atoms with E-state index in [1.54, 1.807) is 0 Å². The molecule has 0 saturated heterocycles. The maximum atomic E-state index is 12.6. The molecule has 0 aliphatic heterocycles. The van der Waals surface area contributed by atoms with Crippen LogP contribution in [0.5, 0.6) is 11.5 Å². The molecule has 1 atom stereocenters. The minimum Gasteiger partial charge on any atom is -0.496 e. The van der Waals surface area contributed by atoms with Crippen LogP contribution in [0.3, 0.4) is 0 Å². The van der Waals surface area contributed by atoms with Crippen LogP contribution in [0, 0.1) is 0 Å². The summed E-state index contributed by atoms with van der Waals surface area (Å²) in [5, 5.41) is 3.24. The fourth-order valence-corrected chi connectivity index (χ4v) is 2.48. The molecule has 1 unspecified atom stereocenters. The van der Waals surface area contributed by atoms with Gasteiger partial charge in [-0.05, 0) is 37.6 Å². The summed E-state index contributed by atoms with van der Waals surface area (Å²) in [5.41, 5.74) is 7.39. The number of ether oxygens (including phenoxy) is 2. The van der Waals surface area contributed by atoms with Crippen molar-refractivity contribution in [3.63, 3.8) is 0 Å². The molecule has 0 radical (unpaired) electrons. The fraction of sp³-hybridized carbons (Fsp3) is 0.278. The molecule has 3 N–H and O–H groups in total. The second-order valence-corrected chi connectivity index (χ2v) is 5.68. The van der Waals surface area contributed by atoms with Crippen LogP contribution in [0.25, 0.3) is 0 Å². The molecular weight excluding hydrogens is 328 g/mol. The molecule has 5 nitrogen and oxygen atoms in total. The van der Waals surface area contributed by atoms with E-state index in [9.17, 15) is 4.79 Å². The van der Waals surface area contributed by atoms with Crippen molar-refractivity contribution in [3.8, 4) is 11.5 Å². The average molecular weight is 349 g/mol. The number of carbonyl (C=O) groups is 1. The lowest BCUT2D eigenvalue weighted by molar-refractivity contribution is 0.0937. The van der Waals surface area contributed by atoms with E-state index in [4.69, 9.17) is 26.8 Å². The second kappa shape index (κ2) is 7.93. The van der Waals surface area contributed by atoms with Crippen molar-refractivity contribution in [2.75, 3.05) is 19.5 Å². The quantitative estimate of drug-likeness (QED) is 0.778. The number of amides is 1. The summed E-state index contributed by atoms with van der Waals surface area (Å²) in [7, 11) is 1.48. The monoisotopic (exact) mass is 348 g/mol. The molecule has 0 saturated carbocycles. The molecule has 0 spiro atoms. The maximum absolute atomic E-state index is 12.6. The van der Waals surface area contributed by atoms with Crippen LogP contribution in [0.15, 0.2) is 36.4 Å². The smallest absolute Gasteiger partial charge is 0.255 e. The molecule has 128 valence electrons. The van der Waals surface area contributed by atoms with Crippen molar-refractivity contribution in [3.05, 3.63) is 52.5 Å². The first-order valence-electron chi connectivity index (χ1n) is 7.62. The Morgan fingerprint density at radius 3 is 2.75 bits per heavy atom. The van der Waals surface area contributed by atoms with Crippen LogP contribution in [0.4, 0.5) is 5.69 Å². The van der Waals surface area contributed by atoms with Gasteiger partial charge in [-0.2, -0.15) is 0 Å². The Hall–Kier alpha value is -2.40. The molecule has 0 aliphatic rings. The van der Waals surface area contributed by atoms with E-state index in [0.29, 0.717) is 28.6 Å². The number of anilines is 1. The zero-order valence-corrected chi connectivity index (χ0v) is 14.7. The van der Waals surface area contributed by atoms with Gasteiger partial charge >= 0.3 is 0 Å². The maximum Gasteiger partial charge on any atom is 0.255 e. The van der Waals surface area contributed by atoms with Gasteiger partial charge in [0, 0.05) is 6.07 Å². The van der Waals surface area contributed by atoms with Gasteiger partial charge in [0.2, 0.25) is 0 Å². The first kappa shape index (κ1) is 17.9. The van der Waals surface area contributed by atoms with Gasteiger partial charge in [-0.3, -0.25) is 4.79 Å². The molecule has 2 aromatic carbocycles. The SMILES string of the molecule is CCOc1cccc(C(C)NC(=O)c2cc(Cl)c(N)cc2OC)c1. The second-order valence-electron chi connectivity index (χ2n) is 5.27. The number of nitrogens with two attached hydrogens (primary N) is 1. The Morgan fingerprint density at radius 1 is 1.33 bits per heavy atom. The standard InChI is InChI=1S/C18H21ClN2O3/c1-4-24-13-7-5-6-12(8-13)11(2)21-18(22)14-9-15(19)16(20)10-17(14)23-3/h5-11H,4,20H2,1-3H3,(H,21,22). The predicted molar refractivity (Wildman–Crippen MR) is 95.9 cm³/mol. The number of carbonyl (C=O) groups excluding carboxylic acids is 1. The molecular formula is C18H21ClN2O3. The topological polar surface area (TPSA) is 73.6 Å². The van der Waals surface area contributed by atoms with E-state index in [1.807, 2.05) is 38.1 Å². The molecule has 6 heteroatoms. The van der Waals surface area contributed by atoms with Crippen molar-refractivity contribution in [2.45, 2.75) is 19.9 Å². The minimum atomic E-state index is -0.289. The molecule has 0 aromatic heterocycles. The van der Waals surface area contributed by atoms with Crippen molar-refractivity contribution in [2.24, 2.45) is 0 Å². The van der Waals surface area contributed by atoms with E-state index in [0.717, 1.165) is 11.3 Å². The number of hydrogen-bond donors (Lipinski definition) is 2. The lowest BCUT2D eigenvalue weighted by Gasteiger charge is -2.17. The Labute approximate surface area is 146 Å². The van der Waals surface area contributed by atoms with Gasteiger partial charge in [0.25, 0.3) is 5.91 Å². The average Bonchev–Trinajstić information content (AvgIpc) is 2.57. The normalized spacial score (nSPS) is 11.7. The number of benzene rings is 2. The minimum absolute atomic E-state index is 0.209. The molecule has 0 aliphatic carbocycles. The van der Waals surface area contributed by atoms with Gasteiger partial charge in [-0.15, -0.1) is 0 Å². The van der Waals surface area contributed by atoms with E-state index in [2.05, 4.69) is 5.32 Å². The highest BCUT2D eigenvalue weighted by Crippen LogP contribution is 2.29. The summed E-state index contributed by atoms with van der Waals surface area (Å²) < 4.78 is 10.7. The van der Waals surface area contributed by atoms with Crippen molar-refractivity contribution < 1.29 is 14.3 Å². The fourth-order valence-electron chi connectivity index (χ4n) is 2.31. The highest BCUT2D eigenvalue weighted by Gasteiger charge is 2.18. The Balaban J connectivity index is 2.20. The molecule has 1 amide bonds. The molecule has 24 heavy (non-hydrogen) atoms. The van der Waals surface area contributed by atoms with Gasteiger partial charge in [-0.25, -0.2) is 0 Å².